The van der Waals surface area contributed by atoms with E-state index in [0.717, 1.165) is 22.9 Å². The van der Waals surface area contributed by atoms with Crippen LogP contribution in [0.4, 0.5) is 0 Å². The van der Waals surface area contributed by atoms with Gasteiger partial charge in [-0.3, -0.25) is 23.7 Å². The summed E-state index contributed by atoms with van der Waals surface area (Å²) in [6, 6.07) is 5.39. The van der Waals surface area contributed by atoms with Crippen LogP contribution >= 0.6 is 0 Å². The van der Waals surface area contributed by atoms with E-state index < -0.39 is 11.9 Å². The maximum absolute atomic E-state index is 12.4. The first-order valence-electron chi connectivity index (χ1n) is 10.0. The van der Waals surface area contributed by atoms with Gasteiger partial charge in [0.05, 0.1) is 45.6 Å². The Morgan fingerprint density at radius 1 is 1.10 bits per heavy atom. The van der Waals surface area contributed by atoms with Crippen LogP contribution in [-0.4, -0.2) is 56.2 Å². The number of rotatable bonds is 12. The summed E-state index contributed by atoms with van der Waals surface area (Å²) in [6.45, 7) is 2.47. The fourth-order valence-corrected chi connectivity index (χ4v) is 3.22. The van der Waals surface area contributed by atoms with Crippen molar-refractivity contribution >= 4 is 35.2 Å². The molecule has 0 radical (unpaired) electrons. The van der Waals surface area contributed by atoms with Gasteiger partial charge in [0.25, 0.3) is 0 Å². The zero-order valence-corrected chi connectivity index (χ0v) is 18.1. The van der Waals surface area contributed by atoms with Crippen molar-refractivity contribution in [2.45, 2.75) is 39.0 Å². The molecule has 0 spiro atoms. The van der Waals surface area contributed by atoms with E-state index in [4.69, 9.17) is 9.47 Å². The standard InChI is InChI=1S/C22H28N2O7/c1-15-17(18-12-16(29-2)6-7-19(18)24(15)14-25)13-20(26)23-10-4-5-11-31-22(28)9-8-21(27)30-3/h6-7,12,14H,4-5,8-11,13H2,1-3H3,(H,23,26). The summed E-state index contributed by atoms with van der Waals surface area (Å²) >= 11 is 0. The van der Waals surface area contributed by atoms with Crippen molar-refractivity contribution in [2.24, 2.45) is 0 Å². The minimum absolute atomic E-state index is 0.00278. The lowest BCUT2D eigenvalue weighted by Gasteiger charge is -2.07. The molecule has 0 bridgehead atoms. The molecule has 0 atom stereocenters. The lowest BCUT2D eigenvalue weighted by Crippen LogP contribution is -2.26. The zero-order chi connectivity index (χ0) is 22.8. The number of methoxy groups -OCH3 is 2. The fourth-order valence-electron chi connectivity index (χ4n) is 3.22. The number of nitrogens with one attached hydrogen (secondary N) is 1. The van der Waals surface area contributed by atoms with E-state index in [1.54, 1.807) is 26.2 Å². The minimum atomic E-state index is -0.454. The topological polar surface area (TPSA) is 113 Å². The van der Waals surface area contributed by atoms with Crippen LogP contribution in [0.15, 0.2) is 18.2 Å². The second-order valence-electron chi connectivity index (χ2n) is 6.95. The number of hydrogen-bond acceptors (Lipinski definition) is 7. The first kappa shape index (κ1) is 23.9. The van der Waals surface area contributed by atoms with Gasteiger partial charge < -0.3 is 19.5 Å². The monoisotopic (exact) mass is 432 g/mol. The smallest absolute Gasteiger partial charge is 0.306 e. The molecule has 0 saturated heterocycles. The third-order valence-electron chi connectivity index (χ3n) is 4.95. The molecule has 0 saturated carbocycles. The fraction of sp³-hybridized carbons (Fsp3) is 0.455. The quantitative estimate of drug-likeness (QED) is 0.310. The molecule has 9 heteroatoms. The molecule has 1 amide bonds. The van der Waals surface area contributed by atoms with Gasteiger partial charge in [-0.25, -0.2) is 0 Å². The lowest BCUT2D eigenvalue weighted by atomic mass is 10.1. The van der Waals surface area contributed by atoms with E-state index in [-0.39, 0.29) is 31.8 Å². The molecule has 31 heavy (non-hydrogen) atoms. The van der Waals surface area contributed by atoms with Crippen molar-refractivity contribution in [1.82, 2.24) is 9.88 Å². The number of unbranched alkanes of at least 4 members (excludes halogenated alkanes) is 1. The van der Waals surface area contributed by atoms with Crippen molar-refractivity contribution in [3.8, 4) is 5.75 Å². The Bertz CT molecular complexity index is 949. The van der Waals surface area contributed by atoms with Crippen molar-refractivity contribution in [3.63, 3.8) is 0 Å². The highest BCUT2D eigenvalue weighted by Crippen LogP contribution is 2.29. The minimum Gasteiger partial charge on any atom is -0.497 e. The van der Waals surface area contributed by atoms with Gasteiger partial charge in [0, 0.05) is 17.6 Å². The molecule has 1 N–H and O–H groups in total. The third-order valence-corrected chi connectivity index (χ3v) is 4.95. The van der Waals surface area contributed by atoms with Crippen molar-refractivity contribution in [2.75, 3.05) is 27.4 Å². The average Bonchev–Trinajstić information content (AvgIpc) is 3.04. The maximum Gasteiger partial charge on any atom is 0.306 e. The highest BCUT2D eigenvalue weighted by molar-refractivity contribution is 5.94. The Kier molecular flexibility index (Phi) is 9.05. The Morgan fingerprint density at radius 3 is 2.52 bits per heavy atom. The summed E-state index contributed by atoms with van der Waals surface area (Å²) in [6.07, 6.45) is 2.08. The van der Waals surface area contributed by atoms with Crippen LogP contribution in [0.25, 0.3) is 10.9 Å². The van der Waals surface area contributed by atoms with Crippen molar-refractivity contribution < 1.29 is 33.4 Å². The molecule has 168 valence electrons. The van der Waals surface area contributed by atoms with Gasteiger partial charge in [0.1, 0.15) is 5.75 Å². The highest BCUT2D eigenvalue weighted by Gasteiger charge is 2.17. The summed E-state index contributed by atoms with van der Waals surface area (Å²) in [7, 11) is 2.83. The molecule has 9 nitrogen and oxygen atoms in total. The first-order chi connectivity index (χ1) is 14.9. The molecule has 2 aromatic rings. The Balaban J connectivity index is 1.80. The third kappa shape index (κ3) is 6.56. The number of aromatic nitrogens is 1. The van der Waals surface area contributed by atoms with Crippen LogP contribution < -0.4 is 10.1 Å². The van der Waals surface area contributed by atoms with Crippen molar-refractivity contribution in [1.29, 1.82) is 0 Å². The van der Waals surface area contributed by atoms with E-state index in [2.05, 4.69) is 10.1 Å². The van der Waals surface area contributed by atoms with Crippen LogP contribution in [0.2, 0.25) is 0 Å². The molecule has 0 aliphatic rings. The molecule has 0 fully saturated rings. The zero-order valence-electron chi connectivity index (χ0n) is 18.1. The molecule has 1 heterocycles. The molecule has 0 unspecified atom stereocenters. The molecular formula is C22H28N2O7. The van der Waals surface area contributed by atoms with Crippen LogP contribution in [0, 0.1) is 6.92 Å². The normalized spacial score (nSPS) is 10.5. The van der Waals surface area contributed by atoms with Crippen LogP contribution in [0.1, 0.15) is 36.9 Å². The SMILES string of the molecule is COC(=O)CCC(=O)OCCCCNC(=O)Cc1c(C)n(C=O)c2ccc(OC)cc12. The lowest BCUT2D eigenvalue weighted by molar-refractivity contribution is -0.149. The second kappa shape index (κ2) is 11.7. The van der Waals surface area contributed by atoms with E-state index in [1.165, 1.54) is 11.7 Å². The molecular weight excluding hydrogens is 404 g/mol. The van der Waals surface area contributed by atoms with Crippen LogP contribution in [0.5, 0.6) is 5.75 Å². The van der Waals surface area contributed by atoms with Crippen LogP contribution in [-0.2, 0) is 35.1 Å². The number of esters is 2. The van der Waals surface area contributed by atoms with Gasteiger partial charge in [-0.15, -0.1) is 0 Å². The number of fused-ring (bicyclic) bond motifs is 1. The van der Waals surface area contributed by atoms with Crippen molar-refractivity contribution in [3.05, 3.63) is 29.5 Å². The first-order valence-corrected chi connectivity index (χ1v) is 10.0. The Morgan fingerprint density at radius 2 is 1.84 bits per heavy atom. The number of ether oxygens (including phenoxy) is 3. The Hall–Kier alpha value is -3.36. The molecule has 0 aliphatic carbocycles. The highest BCUT2D eigenvalue weighted by atomic mass is 16.5. The average molecular weight is 432 g/mol. The predicted octanol–water partition coefficient (Wildman–Crippen LogP) is 1.93. The van der Waals surface area contributed by atoms with Gasteiger partial charge in [0.2, 0.25) is 12.3 Å². The van der Waals surface area contributed by atoms with Gasteiger partial charge in [-0.2, -0.15) is 0 Å². The maximum atomic E-state index is 12.4. The molecule has 1 aromatic heterocycles. The predicted molar refractivity (Wildman–Crippen MR) is 114 cm³/mol. The van der Waals surface area contributed by atoms with Gasteiger partial charge in [-0.1, -0.05) is 0 Å². The van der Waals surface area contributed by atoms with E-state index in [1.807, 2.05) is 6.07 Å². The summed E-state index contributed by atoms with van der Waals surface area (Å²) in [5, 5.41) is 3.65. The summed E-state index contributed by atoms with van der Waals surface area (Å²) in [5.74, 6) is -0.416. The van der Waals surface area contributed by atoms with E-state index >= 15 is 0 Å². The van der Waals surface area contributed by atoms with Gasteiger partial charge in [-0.05, 0) is 43.5 Å². The summed E-state index contributed by atoms with van der Waals surface area (Å²) in [5.41, 5.74) is 2.22. The summed E-state index contributed by atoms with van der Waals surface area (Å²) < 4.78 is 16.3. The summed E-state index contributed by atoms with van der Waals surface area (Å²) in [4.78, 5) is 46.3. The van der Waals surface area contributed by atoms with E-state index in [0.29, 0.717) is 30.8 Å². The number of amides is 1. The molecule has 2 rings (SSSR count). The number of carbonyl (C=O) groups excluding carboxylic acids is 4. The molecule has 1 aromatic carbocycles. The van der Waals surface area contributed by atoms with E-state index in [9.17, 15) is 19.2 Å². The number of nitrogens with zero attached hydrogens (tertiary/aromatic N) is 1. The number of hydrogen-bond donors (Lipinski definition) is 1. The largest absolute Gasteiger partial charge is 0.497 e. The van der Waals surface area contributed by atoms with Crippen LogP contribution in [0.3, 0.4) is 0 Å². The second-order valence-corrected chi connectivity index (χ2v) is 6.95. The molecule has 0 aliphatic heterocycles. The number of benzene rings is 1. The van der Waals surface area contributed by atoms with Gasteiger partial charge in [0.15, 0.2) is 0 Å². The Labute approximate surface area is 180 Å². The number of carbonyl (C=O) groups is 4. The van der Waals surface area contributed by atoms with Gasteiger partial charge >= 0.3 is 11.9 Å².